The van der Waals surface area contributed by atoms with Crippen molar-refractivity contribution in [2.45, 2.75) is 48.9 Å². The molecule has 162 valence electrons. The fourth-order valence-electron chi connectivity index (χ4n) is 3.58. The Morgan fingerprint density at radius 1 is 1.03 bits per heavy atom. The monoisotopic (exact) mass is 450 g/mol. The number of amides is 1. The lowest BCUT2D eigenvalue weighted by Crippen LogP contribution is -2.29. The standard InChI is InChI=1S/C21H26N2O5S2/c1-4-19(15-6-8-17(9-7-15)29(3,25)26)22-30(27,28)18-10-11-20-16(14-18)12-13-23(20)21(24)5-2/h6-11,14,19,22H,4-5,12-13H2,1-3H3/t19-/m0/s1. The van der Waals surface area contributed by atoms with E-state index in [1.165, 1.54) is 18.2 Å². The Bertz CT molecular complexity index is 1160. The molecule has 1 aliphatic heterocycles. The van der Waals surface area contributed by atoms with Crippen molar-refractivity contribution in [3.63, 3.8) is 0 Å². The largest absolute Gasteiger partial charge is 0.312 e. The molecule has 0 aliphatic carbocycles. The van der Waals surface area contributed by atoms with E-state index in [9.17, 15) is 21.6 Å². The molecule has 9 heteroatoms. The number of sulfonamides is 1. The fraction of sp³-hybridized carbons (Fsp3) is 0.381. The summed E-state index contributed by atoms with van der Waals surface area (Å²) >= 11 is 0. The first kappa shape index (κ1) is 22.5. The number of carbonyl (C=O) groups is 1. The summed E-state index contributed by atoms with van der Waals surface area (Å²) in [5.74, 6) is 0.0195. The average molecular weight is 451 g/mol. The molecule has 30 heavy (non-hydrogen) atoms. The minimum absolute atomic E-state index is 0.0195. The third-order valence-corrected chi connectivity index (χ3v) is 7.87. The molecular formula is C21H26N2O5S2. The Kier molecular flexibility index (Phi) is 6.35. The molecule has 0 radical (unpaired) electrons. The highest BCUT2D eigenvalue weighted by Gasteiger charge is 2.27. The third-order valence-electron chi connectivity index (χ3n) is 5.28. The number of nitrogens with one attached hydrogen (secondary N) is 1. The topological polar surface area (TPSA) is 101 Å². The van der Waals surface area contributed by atoms with Crippen LogP contribution in [0.1, 0.15) is 43.9 Å². The average Bonchev–Trinajstić information content (AvgIpc) is 3.14. The molecule has 0 unspecified atom stereocenters. The summed E-state index contributed by atoms with van der Waals surface area (Å²) in [5.41, 5.74) is 2.30. The zero-order chi connectivity index (χ0) is 22.1. The van der Waals surface area contributed by atoms with Gasteiger partial charge in [-0.1, -0.05) is 26.0 Å². The van der Waals surface area contributed by atoms with Crippen LogP contribution in [0.3, 0.4) is 0 Å². The van der Waals surface area contributed by atoms with Crippen molar-refractivity contribution in [1.29, 1.82) is 0 Å². The van der Waals surface area contributed by atoms with Gasteiger partial charge in [-0.2, -0.15) is 0 Å². The van der Waals surface area contributed by atoms with E-state index in [0.717, 1.165) is 17.5 Å². The summed E-state index contributed by atoms with van der Waals surface area (Å²) in [6, 6.07) is 10.6. The van der Waals surface area contributed by atoms with Gasteiger partial charge in [-0.05, 0) is 54.3 Å². The lowest BCUT2D eigenvalue weighted by molar-refractivity contribution is -0.118. The molecule has 2 aromatic carbocycles. The highest BCUT2D eigenvalue weighted by atomic mass is 32.2. The van der Waals surface area contributed by atoms with Gasteiger partial charge in [0, 0.05) is 31.0 Å². The van der Waals surface area contributed by atoms with Gasteiger partial charge >= 0.3 is 0 Å². The van der Waals surface area contributed by atoms with E-state index < -0.39 is 25.9 Å². The van der Waals surface area contributed by atoms with Gasteiger partial charge < -0.3 is 4.90 Å². The van der Waals surface area contributed by atoms with E-state index in [-0.39, 0.29) is 15.7 Å². The van der Waals surface area contributed by atoms with E-state index >= 15 is 0 Å². The van der Waals surface area contributed by atoms with Gasteiger partial charge in [-0.3, -0.25) is 4.79 Å². The van der Waals surface area contributed by atoms with E-state index in [2.05, 4.69) is 4.72 Å². The van der Waals surface area contributed by atoms with Gasteiger partial charge in [0.2, 0.25) is 15.9 Å². The van der Waals surface area contributed by atoms with Crippen LogP contribution in [0.25, 0.3) is 0 Å². The van der Waals surface area contributed by atoms with E-state index in [1.807, 2.05) is 6.92 Å². The highest BCUT2D eigenvalue weighted by Crippen LogP contribution is 2.31. The maximum atomic E-state index is 13.0. The van der Waals surface area contributed by atoms with Crippen molar-refractivity contribution in [2.75, 3.05) is 17.7 Å². The fourth-order valence-corrected chi connectivity index (χ4v) is 5.57. The first-order valence-corrected chi connectivity index (χ1v) is 13.2. The third kappa shape index (κ3) is 4.58. The molecule has 1 N–H and O–H groups in total. The number of carbonyl (C=O) groups excluding carboxylic acids is 1. The van der Waals surface area contributed by atoms with Crippen molar-refractivity contribution >= 4 is 31.5 Å². The smallest absolute Gasteiger partial charge is 0.241 e. The van der Waals surface area contributed by atoms with Crippen LogP contribution >= 0.6 is 0 Å². The van der Waals surface area contributed by atoms with Gasteiger partial charge in [0.15, 0.2) is 9.84 Å². The predicted octanol–water partition coefficient (Wildman–Crippen LogP) is 2.82. The van der Waals surface area contributed by atoms with E-state index in [4.69, 9.17) is 0 Å². The van der Waals surface area contributed by atoms with Crippen molar-refractivity contribution in [3.8, 4) is 0 Å². The summed E-state index contributed by atoms with van der Waals surface area (Å²) in [6.45, 7) is 4.22. The predicted molar refractivity (Wildman–Crippen MR) is 116 cm³/mol. The van der Waals surface area contributed by atoms with Crippen LogP contribution in [0.2, 0.25) is 0 Å². The molecule has 0 aromatic heterocycles. The second-order valence-corrected chi connectivity index (χ2v) is 11.1. The number of nitrogens with zero attached hydrogens (tertiary/aromatic N) is 1. The minimum atomic E-state index is -3.79. The van der Waals surface area contributed by atoms with Gasteiger partial charge in [0.25, 0.3) is 0 Å². The van der Waals surface area contributed by atoms with Crippen LogP contribution in [0, 0.1) is 0 Å². The summed E-state index contributed by atoms with van der Waals surface area (Å²) in [6.07, 6.45) is 2.65. The zero-order valence-electron chi connectivity index (χ0n) is 17.3. The molecule has 3 rings (SSSR count). The summed E-state index contributed by atoms with van der Waals surface area (Å²) in [7, 11) is -7.11. The first-order valence-electron chi connectivity index (χ1n) is 9.82. The van der Waals surface area contributed by atoms with Crippen LogP contribution in [0.4, 0.5) is 5.69 Å². The zero-order valence-corrected chi connectivity index (χ0v) is 18.9. The Morgan fingerprint density at radius 3 is 2.23 bits per heavy atom. The van der Waals surface area contributed by atoms with Gasteiger partial charge in [0.1, 0.15) is 0 Å². The van der Waals surface area contributed by atoms with Crippen LogP contribution in [-0.2, 0) is 31.1 Å². The summed E-state index contributed by atoms with van der Waals surface area (Å²) in [4.78, 5) is 14.1. The number of sulfone groups is 1. The SMILES string of the molecule is CCC(=O)N1CCc2cc(S(=O)(=O)N[C@@H](CC)c3ccc(S(C)(=O)=O)cc3)ccc21. The molecule has 2 aromatic rings. The van der Waals surface area contributed by atoms with Gasteiger partial charge in [0.05, 0.1) is 9.79 Å². The van der Waals surface area contributed by atoms with E-state index in [0.29, 0.717) is 31.4 Å². The van der Waals surface area contributed by atoms with Crippen LogP contribution < -0.4 is 9.62 Å². The second kappa shape index (κ2) is 8.49. The number of rotatable bonds is 7. The number of hydrogen-bond acceptors (Lipinski definition) is 5. The van der Waals surface area contributed by atoms with Crippen molar-refractivity contribution in [3.05, 3.63) is 53.6 Å². The number of benzene rings is 2. The summed E-state index contributed by atoms with van der Waals surface area (Å²) < 4.78 is 52.0. The Morgan fingerprint density at radius 2 is 1.67 bits per heavy atom. The Balaban J connectivity index is 1.84. The van der Waals surface area contributed by atoms with Crippen molar-refractivity contribution < 1.29 is 21.6 Å². The molecule has 1 heterocycles. The molecule has 0 fully saturated rings. The normalized spacial score (nSPS) is 15.1. The van der Waals surface area contributed by atoms with Gasteiger partial charge in [-0.15, -0.1) is 0 Å². The van der Waals surface area contributed by atoms with Gasteiger partial charge in [-0.25, -0.2) is 21.6 Å². The second-order valence-electron chi connectivity index (χ2n) is 7.36. The lowest BCUT2D eigenvalue weighted by atomic mass is 10.1. The van der Waals surface area contributed by atoms with Crippen molar-refractivity contribution in [1.82, 2.24) is 4.72 Å². The molecule has 0 bridgehead atoms. The first-order chi connectivity index (χ1) is 14.1. The minimum Gasteiger partial charge on any atom is -0.312 e. The maximum absolute atomic E-state index is 13.0. The molecule has 7 nitrogen and oxygen atoms in total. The quantitative estimate of drug-likeness (QED) is 0.699. The molecule has 0 saturated heterocycles. The Hall–Kier alpha value is -2.23. The number of fused-ring (bicyclic) bond motifs is 1. The number of anilines is 1. The highest BCUT2D eigenvalue weighted by molar-refractivity contribution is 7.90. The number of hydrogen-bond donors (Lipinski definition) is 1. The van der Waals surface area contributed by atoms with Crippen molar-refractivity contribution in [2.24, 2.45) is 0 Å². The molecule has 1 aliphatic rings. The molecule has 0 spiro atoms. The Labute approximate surface area is 178 Å². The molecule has 1 atom stereocenters. The molecule has 1 amide bonds. The van der Waals surface area contributed by atoms with Crippen LogP contribution in [-0.4, -0.2) is 35.5 Å². The lowest BCUT2D eigenvalue weighted by Gasteiger charge is -2.19. The van der Waals surface area contributed by atoms with Crippen LogP contribution in [0.5, 0.6) is 0 Å². The van der Waals surface area contributed by atoms with E-state index in [1.54, 1.807) is 36.1 Å². The molecule has 0 saturated carbocycles. The maximum Gasteiger partial charge on any atom is 0.241 e. The van der Waals surface area contributed by atoms with Crippen LogP contribution in [0.15, 0.2) is 52.3 Å². The summed E-state index contributed by atoms with van der Waals surface area (Å²) in [5, 5.41) is 0. The molecular weight excluding hydrogens is 424 g/mol.